The average molecular weight is 301 g/mol. The van der Waals surface area contributed by atoms with E-state index in [-0.39, 0.29) is 5.91 Å². The monoisotopic (exact) mass is 300 g/mol. The first kappa shape index (κ1) is 13.3. The number of amides is 1. The summed E-state index contributed by atoms with van der Waals surface area (Å²) in [5.41, 5.74) is 0.912. The van der Waals surface area contributed by atoms with Crippen LogP contribution >= 0.6 is 34.5 Å². The third-order valence-corrected chi connectivity index (χ3v) is 3.59. The molecule has 0 saturated carbocycles. The Morgan fingerprint density at radius 3 is 2.89 bits per heavy atom. The van der Waals surface area contributed by atoms with Crippen molar-refractivity contribution in [1.29, 1.82) is 0 Å². The molecule has 1 heterocycles. The SMILES string of the molecule is O=C(CCc1ccc(Cl)cc1Cl)Nc1nccs1. The molecule has 0 bridgehead atoms. The maximum absolute atomic E-state index is 11.6. The Balaban J connectivity index is 1.89. The Hall–Kier alpha value is -1.10. The summed E-state index contributed by atoms with van der Waals surface area (Å²) < 4.78 is 0. The van der Waals surface area contributed by atoms with E-state index in [9.17, 15) is 4.79 Å². The van der Waals surface area contributed by atoms with Gasteiger partial charge in [0, 0.05) is 28.0 Å². The minimum absolute atomic E-state index is 0.0732. The van der Waals surface area contributed by atoms with Crippen LogP contribution in [0.3, 0.4) is 0 Å². The molecule has 0 saturated heterocycles. The van der Waals surface area contributed by atoms with Crippen LogP contribution in [-0.4, -0.2) is 10.9 Å². The van der Waals surface area contributed by atoms with Gasteiger partial charge in [-0.2, -0.15) is 0 Å². The van der Waals surface area contributed by atoms with Crippen LogP contribution in [0.4, 0.5) is 5.13 Å². The van der Waals surface area contributed by atoms with Crippen LogP contribution in [0.25, 0.3) is 0 Å². The Morgan fingerprint density at radius 2 is 2.22 bits per heavy atom. The first-order valence-corrected chi connectivity index (χ1v) is 6.92. The van der Waals surface area contributed by atoms with E-state index in [1.807, 2.05) is 11.4 Å². The Kier molecular flexibility index (Phi) is 4.58. The minimum Gasteiger partial charge on any atom is -0.302 e. The molecule has 0 spiro atoms. The molecule has 0 fully saturated rings. The number of rotatable bonds is 4. The molecule has 0 aliphatic carbocycles. The lowest BCUT2D eigenvalue weighted by atomic mass is 10.1. The van der Waals surface area contributed by atoms with E-state index in [4.69, 9.17) is 23.2 Å². The Bertz CT molecular complexity index is 543. The highest BCUT2D eigenvalue weighted by molar-refractivity contribution is 7.13. The molecule has 3 nitrogen and oxygen atoms in total. The van der Waals surface area contributed by atoms with Crippen LogP contribution in [-0.2, 0) is 11.2 Å². The van der Waals surface area contributed by atoms with Gasteiger partial charge in [0.15, 0.2) is 5.13 Å². The van der Waals surface area contributed by atoms with Crippen LogP contribution in [0.5, 0.6) is 0 Å². The largest absolute Gasteiger partial charge is 0.302 e. The molecular weight excluding hydrogens is 291 g/mol. The van der Waals surface area contributed by atoms with Gasteiger partial charge in [0.2, 0.25) is 5.91 Å². The van der Waals surface area contributed by atoms with Crippen LogP contribution < -0.4 is 5.32 Å². The van der Waals surface area contributed by atoms with Gasteiger partial charge in [0.05, 0.1) is 0 Å². The minimum atomic E-state index is -0.0732. The summed E-state index contributed by atoms with van der Waals surface area (Å²) in [4.78, 5) is 15.6. The van der Waals surface area contributed by atoms with Crippen LogP contribution in [0.1, 0.15) is 12.0 Å². The number of nitrogens with one attached hydrogen (secondary N) is 1. The first-order valence-electron chi connectivity index (χ1n) is 5.28. The zero-order chi connectivity index (χ0) is 13.0. The third-order valence-electron chi connectivity index (χ3n) is 2.32. The summed E-state index contributed by atoms with van der Waals surface area (Å²) >= 11 is 13.2. The molecule has 94 valence electrons. The van der Waals surface area contributed by atoms with Crippen LogP contribution in [0, 0.1) is 0 Å². The molecule has 0 radical (unpaired) electrons. The van der Waals surface area contributed by atoms with Crippen molar-refractivity contribution in [3.8, 4) is 0 Å². The highest BCUT2D eigenvalue weighted by Crippen LogP contribution is 2.22. The number of halogens is 2. The molecule has 1 amide bonds. The summed E-state index contributed by atoms with van der Waals surface area (Å²) in [5, 5.41) is 6.33. The van der Waals surface area contributed by atoms with Crippen molar-refractivity contribution in [2.24, 2.45) is 0 Å². The van der Waals surface area contributed by atoms with Crippen molar-refractivity contribution in [3.05, 3.63) is 45.4 Å². The normalized spacial score (nSPS) is 10.3. The molecule has 0 atom stereocenters. The highest BCUT2D eigenvalue weighted by Gasteiger charge is 2.07. The van der Waals surface area contributed by atoms with Gasteiger partial charge >= 0.3 is 0 Å². The molecule has 18 heavy (non-hydrogen) atoms. The number of hydrogen-bond acceptors (Lipinski definition) is 3. The molecule has 2 rings (SSSR count). The predicted octanol–water partition coefficient (Wildman–Crippen LogP) is 4.02. The van der Waals surface area contributed by atoms with E-state index >= 15 is 0 Å². The van der Waals surface area contributed by atoms with E-state index in [2.05, 4.69) is 10.3 Å². The van der Waals surface area contributed by atoms with Crippen molar-refractivity contribution >= 4 is 45.6 Å². The zero-order valence-corrected chi connectivity index (χ0v) is 11.6. The highest BCUT2D eigenvalue weighted by atomic mass is 35.5. The van der Waals surface area contributed by atoms with E-state index in [0.29, 0.717) is 28.0 Å². The number of carbonyl (C=O) groups excluding carboxylic acids is 1. The molecule has 1 N–H and O–H groups in total. The zero-order valence-electron chi connectivity index (χ0n) is 9.32. The van der Waals surface area contributed by atoms with Gasteiger partial charge in [0.1, 0.15) is 0 Å². The van der Waals surface area contributed by atoms with Crippen molar-refractivity contribution in [2.45, 2.75) is 12.8 Å². The summed E-state index contributed by atoms with van der Waals surface area (Å²) in [7, 11) is 0. The van der Waals surface area contributed by atoms with E-state index in [1.54, 1.807) is 18.3 Å². The summed E-state index contributed by atoms with van der Waals surface area (Å²) in [6.07, 6.45) is 2.59. The summed E-state index contributed by atoms with van der Waals surface area (Å²) in [5.74, 6) is -0.0732. The Labute approximate surface area is 119 Å². The second-order valence-electron chi connectivity index (χ2n) is 3.62. The number of anilines is 1. The molecule has 6 heteroatoms. The van der Waals surface area contributed by atoms with Crippen LogP contribution in [0.2, 0.25) is 10.0 Å². The van der Waals surface area contributed by atoms with Gasteiger partial charge in [0.25, 0.3) is 0 Å². The Morgan fingerprint density at radius 1 is 1.39 bits per heavy atom. The topological polar surface area (TPSA) is 42.0 Å². The van der Waals surface area contributed by atoms with Gasteiger partial charge in [-0.05, 0) is 24.1 Å². The van der Waals surface area contributed by atoms with E-state index < -0.39 is 0 Å². The lowest BCUT2D eigenvalue weighted by molar-refractivity contribution is -0.116. The number of aromatic nitrogens is 1. The smallest absolute Gasteiger partial charge is 0.226 e. The van der Waals surface area contributed by atoms with Crippen molar-refractivity contribution in [1.82, 2.24) is 4.98 Å². The molecule has 1 aromatic carbocycles. The molecule has 0 unspecified atom stereocenters. The van der Waals surface area contributed by atoms with Gasteiger partial charge in [-0.1, -0.05) is 29.3 Å². The fraction of sp³-hybridized carbons (Fsp3) is 0.167. The molecule has 2 aromatic rings. The van der Waals surface area contributed by atoms with E-state index in [1.165, 1.54) is 11.3 Å². The van der Waals surface area contributed by atoms with Gasteiger partial charge < -0.3 is 5.32 Å². The molecule has 0 aliphatic heterocycles. The second kappa shape index (κ2) is 6.18. The van der Waals surface area contributed by atoms with Gasteiger partial charge in [-0.15, -0.1) is 11.3 Å². The summed E-state index contributed by atoms with van der Waals surface area (Å²) in [6.45, 7) is 0. The fourth-order valence-corrected chi connectivity index (χ4v) is 2.49. The molecular formula is C12H10Cl2N2OS. The van der Waals surface area contributed by atoms with Crippen molar-refractivity contribution in [2.75, 3.05) is 5.32 Å². The number of benzene rings is 1. The van der Waals surface area contributed by atoms with Crippen LogP contribution in [0.15, 0.2) is 29.8 Å². The lowest BCUT2D eigenvalue weighted by Gasteiger charge is -2.04. The first-order chi connectivity index (χ1) is 8.65. The van der Waals surface area contributed by atoms with Gasteiger partial charge in [-0.3, -0.25) is 4.79 Å². The third kappa shape index (κ3) is 3.70. The maximum Gasteiger partial charge on any atom is 0.226 e. The van der Waals surface area contributed by atoms with Gasteiger partial charge in [-0.25, -0.2) is 4.98 Å². The average Bonchev–Trinajstić information content (AvgIpc) is 2.80. The second-order valence-corrected chi connectivity index (χ2v) is 5.36. The fourth-order valence-electron chi connectivity index (χ4n) is 1.44. The molecule has 0 aliphatic rings. The number of hydrogen-bond donors (Lipinski definition) is 1. The number of carbonyl (C=O) groups is 1. The number of nitrogens with zero attached hydrogens (tertiary/aromatic N) is 1. The number of thiazole rings is 1. The van der Waals surface area contributed by atoms with Crippen molar-refractivity contribution in [3.63, 3.8) is 0 Å². The molecule has 1 aromatic heterocycles. The van der Waals surface area contributed by atoms with Crippen molar-refractivity contribution < 1.29 is 4.79 Å². The predicted molar refractivity (Wildman–Crippen MR) is 75.5 cm³/mol. The number of aryl methyl sites for hydroxylation is 1. The maximum atomic E-state index is 11.6. The lowest BCUT2D eigenvalue weighted by Crippen LogP contribution is -2.12. The quantitative estimate of drug-likeness (QED) is 0.926. The van der Waals surface area contributed by atoms with E-state index in [0.717, 1.165) is 5.56 Å². The standard InChI is InChI=1S/C12H10Cl2N2OS/c13-9-3-1-8(10(14)7-9)2-4-11(17)16-12-15-5-6-18-12/h1,3,5-7H,2,4H2,(H,15,16,17). The summed E-state index contributed by atoms with van der Waals surface area (Å²) in [6, 6.07) is 5.28.